The maximum absolute atomic E-state index is 12.1. The van der Waals surface area contributed by atoms with Gasteiger partial charge in [-0.15, -0.1) is 0 Å². The normalized spacial score (nSPS) is 13.4. The molecule has 0 aliphatic heterocycles. The second-order valence-electron chi connectivity index (χ2n) is 3.63. The van der Waals surface area contributed by atoms with Crippen LogP contribution in [0.5, 0.6) is 5.75 Å². The first-order valence-electron chi connectivity index (χ1n) is 5.15. The standard InChI is InChI=1S/C11H17NO4S/c1-9(8-15-2)12-17(13,14)11-7-5-4-6-10(11)16-3/h4-7,9,12H,8H2,1-3H3. The summed E-state index contributed by atoms with van der Waals surface area (Å²) in [6.45, 7) is 2.05. The highest BCUT2D eigenvalue weighted by Crippen LogP contribution is 2.22. The third kappa shape index (κ3) is 3.69. The fourth-order valence-electron chi connectivity index (χ4n) is 1.45. The van der Waals surface area contributed by atoms with Crippen molar-refractivity contribution in [2.24, 2.45) is 0 Å². The summed E-state index contributed by atoms with van der Waals surface area (Å²) in [6.07, 6.45) is 0. The smallest absolute Gasteiger partial charge is 0.244 e. The topological polar surface area (TPSA) is 64.6 Å². The van der Waals surface area contributed by atoms with Gasteiger partial charge in [0, 0.05) is 13.2 Å². The molecule has 1 aromatic rings. The maximum atomic E-state index is 12.1. The number of sulfonamides is 1. The first kappa shape index (κ1) is 14.0. The number of rotatable bonds is 6. The quantitative estimate of drug-likeness (QED) is 0.828. The minimum Gasteiger partial charge on any atom is -0.495 e. The second kappa shape index (κ2) is 6.00. The van der Waals surface area contributed by atoms with Crippen LogP contribution >= 0.6 is 0 Å². The molecule has 0 aromatic heterocycles. The Balaban J connectivity index is 2.97. The molecular formula is C11H17NO4S. The third-order valence-corrected chi connectivity index (χ3v) is 3.76. The molecule has 0 amide bonds. The molecule has 0 radical (unpaired) electrons. The van der Waals surface area contributed by atoms with Gasteiger partial charge in [0.05, 0.1) is 13.7 Å². The minimum atomic E-state index is -3.58. The molecule has 6 heteroatoms. The monoisotopic (exact) mass is 259 g/mol. The second-order valence-corrected chi connectivity index (χ2v) is 5.31. The molecule has 5 nitrogen and oxygen atoms in total. The molecule has 0 heterocycles. The van der Waals surface area contributed by atoms with Crippen molar-refractivity contribution in [3.05, 3.63) is 24.3 Å². The Morgan fingerprint density at radius 1 is 1.29 bits per heavy atom. The highest BCUT2D eigenvalue weighted by molar-refractivity contribution is 7.89. The maximum Gasteiger partial charge on any atom is 0.244 e. The first-order chi connectivity index (χ1) is 8.01. The van der Waals surface area contributed by atoms with E-state index in [9.17, 15) is 8.42 Å². The summed E-state index contributed by atoms with van der Waals surface area (Å²) in [5.41, 5.74) is 0. The summed E-state index contributed by atoms with van der Waals surface area (Å²) in [6, 6.07) is 6.18. The molecular weight excluding hydrogens is 242 g/mol. The van der Waals surface area contributed by atoms with Gasteiger partial charge in [-0.05, 0) is 19.1 Å². The van der Waals surface area contributed by atoms with E-state index in [1.54, 1.807) is 25.1 Å². The van der Waals surface area contributed by atoms with Crippen LogP contribution in [0.25, 0.3) is 0 Å². The summed E-state index contributed by atoms with van der Waals surface area (Å²) in [5, 5.41) is 0. The number of hydrogen-bond acceptors (Lipinski definition) is 4. The van der Waals surface area contributed by atoms with Gasteiger partial charge in [0.2, 0.25) is 10.0 Å². The molecule has 96 valence electrons. The first-order valence-corrected chi connectivity index (χ1v) is 6.64. The van der Waals surface area contributed by atoms with E-state index in [0.29, 0.717) is 12.4 Å². The van der Waals surface area contributed by atoms with Crippen LogP contribution in [-0.2, 0) is 14.8 Å². The van der Waals surface area contributed by atoms with E-state index in [2.05, 4.69) is 4.72 Å². The zero-order chi connectivity index (χ0) is 12.9. The van der Waals surface area contributed by atoms with Gasteiger partial charge < -0.3 is 9.47 Å². The lowest BCUT2D eigenvalue weighted by atomic mass is 10.3. The molecule has 1 atom stereocenters. The molecule has 17 heavy (non-hydrogen) atoms. The number of nitrogens with one attached hydrogen (secondary N) is 1. The Morgan fingerprint density at radius 3 is 2.53 bits per heavy atom. The molecule has 0 saturated carbocycles. The summed E-state index contributed by atoms with van der Waals surface area (Å²) in [7, 11) is -0.620. The largest absolute Gasteiger partial charge is 0.495 e. The molecule has 0 saturated heterocycles. The number of benzene rings is 1. The van der Waals surface area contributed by atoms with Crippen molar-refractivity contribution in [1.82, 2.24) is 4.72 Å². The van der Waals surface area contributed by atoms with Gasteiger partial charge in [0.15, 0.2) is 0 Å². The van der Waals surface area contributed by atoms with E-state index in [1.807, 2.05) is 0 Å². The average Bonchev–Trinajstić information content (AvgIpc) is 2.28. The molecule has 0 aliphatic carbocycles. The summed E-state index contributed by atoms with van der Waals surface area (Å²) in [4.78, 5) is 0.130. The molecule has 1 unspecified atom stereocenters. The number of methoxy groups -OCH3 is 2. The summed E-state index contributed by atoms with van der Waals surface area (Å²) in [5.74, 6) is 0.324. The molecule has 0 spiro atoms. The lowest BCUT2D eigenvalue weighted by Crippen LogP contribution is -2.35. The van der Waals surface area contributed by atoms with E-state index in [1.165, 1.54) is 20.3 Å². The zero-order valence-corrected chi connectivity index (χ0v) is 11.0. The predicted octanol–water partition coefficient (Wildman–Crippen LogP) is 1.01. The van der Waals surface area contributed by atoms with E-state index in [0.717, 1.165) is 0 Å². The van der Waals surface area contributed by atoms with E-state index in [4.69, 9.17) is 9.47 Å². The Kier molecular flexibility index (Phi) is 4.92. The highest BCUT2D eigenvalue weighted by atomic mass is 32.2. The van der Waals surface area contributed by atoms with Crippen LogP contribution in [0.3, 0.4) is 0 Å². The molecule has 1 N–H and O–H groups in total. The third-order valence-electron chi connectivity index (χ3n) is 2.13. The number of hydrogen-bond donors (Lipinski definition) is 1. The average molecular weight is 259 g/mol. The van der Waals surface area contributed by atoms with Gasteiger partial charge in [-0.1, -0.05) is 12.1 Å². The van der Waals surface area contributed by atoms with Crippen LogP contribution in [0.2, 0.25) is 0 Å². The van der Waals surface area contributed by atoms with Crippen LogP contribution in [0.15, 0.2) is 29.2 Å². The zero-order valence-electron chi connectivity index (χ0n) is 10.1. The Labute approximate surface area is 102 Å². The Hall–Kier alpha value is -1.11. The number of ether oxygens (including phenoxy) is 2. The number of para-hydroxylation sites is 1. The van der Waals surface area contributed by atoms with Crippen molar-refractivity contribution in [2.75, 3.05) is 20.8 Å². The van der Waals surface area contributed by atoms with Gasteiger partial charge in [0.1, 0.15) is 10.6 Å². The van der Waals surface area contributed by atoms with Crippen molar-refractivity contribution < 1.29 is 17.9 Å². The van der Waals surface area contributed by atoms with Gasteiger partial charge in [-0.2, -0.15) is 0 Å². The molecule has 0 fully saturated rings. The van der Waals surface area contributed by atoms with Crippen LogP contribution < -0.4 is 9.46 Å². The van der Waals surface area contributed by atoms with Crippen molar-refractivity contribution in [3.8, 4) is 5.75 Å². The fourth-order valence-corrected chi connectivity index (χ4v) is 2.85. The van der Waals surface area contributed by atoms with Crippen molar-refractivity contribution in [2.45, 2.75) is 17.9 Å². The molecule has 1 aromatic carbocycles. The highest BCUT2D eigenvalue weighted by Gasteiger charge is 2.20. The predicted molar refractivity (Wildman–Crippen MR) is 64.7 cm³/mol. The van der Waals surface area contributed by atoms with Crippen LogP contribution in [0, 0.1) is 0 Å². The lowest BCUT2D eigenvalue weighted by molar-refractivity contribution is 0.180. The molecule has 0 bridgehead atoms. The van der Waals surface area contributed by atoms with Crippen LogP contribution in [0.4, 0.5) is 0 Å². The SMILES string of the molecule is COCC(C)NS(=O)(=O)c1ccccc1OC. The Morgan fingerprint density at radius 2 is 1.94 bits per heavy atom. The van der Waals surface area contributed by atoms with E-state index >= 15 is 0 Å². The van der Waals surface area contributed by atoms with Crippen molar-refractivity contribution in [3.63, 3.8) is 0 Å². The fraction of sp³-hybridized carbons (Fsp3) is 0.455. The minimum absolute atomic E-state index is 0.130. The van der Waals surface area contributed by atoms with Crippen LogP contribution in [0.1, 0.15) is 6.92 Å². The van der Waals surface area contributed by atoms with Crippen LogP contribution in [-0.4, -0.2) is 35.3 Å². The summed E-state index contributed by atoms with van der Waals surface area (Å²) >= 11 is 0. The molecule has 1 rings (SSSR count). The lowest BCUT2D eigenvalue weighted by Gasteiger charge is -2.14. The molecule has 0 aliphatic rings. The Bertz CT molecular complexity index is 458. The van der Waals surface area contributed by atoms with E-state index < -0.39 is 10.0 Å². The summed E-state index contributed by atoms with van der Waals surface area (Å²) < 4.78 is 36.5. The van der Waals surface area contributed by atoms with Gasteiger partial charge in [-0.3, -0.25) is 0 Å². The van der Waals surface area contributed by atoms with Crippen molar-refractivity contribution in [1.29, 1.82) is 0 Å². The van der Waals surface area contributed by atoms with Gasteiger partial charge >= 0.3 is 0 Å². The van der Waals surface area contributed by atoms with Gasteiger partial charge in [-0.25, -0.2) is 13.1 Å². The van der Waals surface area contributed by atoms with Crippen molar-refractivity contribution >= 4 is 10.0 Å². The van der Waals surface area contributed by atoms with Gasteiger partial charge in [0.25, 0.3) is 0 Å². The van der Waals surface area contributed by atoms with E-state index in [-0.39, 0.29) is 10.9 Å².